The number of hydrogen-bond acceptors (Lipinski definition) is 5. The molecule has 2 aromatic heterocycles. The first-order chi connectivity index (χ1) is 13.6. The molecule has 0 aliphatic carbocycles. The summed E-state index contributed by atoms with van der Waals surface area (Å²) in [6, 6.07) is 8.04. The quantitative estimate of drug-likeness (QED) is 0.743. The van der Waals surface area contributed by atoms with Gasteiger partial charge in [0.15, 0.2) is 0 Å². The van der Waals surface area contributed by atoms with E-state index in [4.69, 9.17) is 9.72 Å². The van der Waals surface area contributed by atoms with Gasteiger partial charge in [0.2, 0.25) is 5.91 Å². The average molecular weight is 375 g/mol. The molecule has 2 saturated heterocycles. The van der Waals surface area contributed by atoms with Crippen LogP contribution in [0.2, 0.25) is 0 Å². The topological polar surface area (TPSA) is 92.8 Å². The van der Waals surface area contributed by atoms with Crippen LogP contribution in [-0.2, 0) is 9.53 Å². The number of rotatable bonds is 2. The van der Waals surface area contributed by atoms with Crippen LogP contribution in [-0.4, -0.2) is 39.7 Å². The molecule has 7 nitrogen and oxygen atoms in total. The number of carbonyl (C=O) groups is 1. The van der Waals surface area contributed by atoms with Crippen molar-refractivity contribution in [3.8, 4) is 6.07 Å². The second-order valence-electron chi connectivity index (χ2n) is 7.74. The molecule has 142 valence electrons. The van der Waals surface area contributed by atoms with Crippen LogP contribution in [0.25, 0.3) is 21.9 Å². The predicted molar refractivity (Wildman–Crippen MR) is 104 cm³/mol. The number of nitrogens with one attached hydrogen (secondary N) is 1. The zero-order chi connectivity index (χ0) is 19.3. The molecule has 5 rings (SSSR count). The number of nitrogens with zero attached hydrogens (tertiary/aromatic N) is 4. The molecule has 2 aliphatic heterocycles. The summed E-state index contributed by atoms with van der Waals surface area (Å²) in [5.74, 6) is 1.05. The molecular weight excluding hydrogens is 354 g/mol. The Kier molecular flexibility index (Phi) is 4.02. The van der Waals surface area contributed by atoms with Crippen LogP contribution < -0.4 is 5.32 Å². The lowest BCUT2D eigenvalue weighted by atomic mass is 10.0. The van der Waals surface area contributed by atoms with Gasteiger partial charge in [0, 0.05) is 36.9 Å². The normalized spacial score (nSPS) is 25.1. The first-order valence-electron chi connectivity index (χ1n) is 9.73. The van der Waals surface area contributed by atoms with Gasteiger partial charge in [0.05, 0.1) is 35.0 Å². The van der Waals surface area contributed by atoms with E-state index in [2.05, 4.69) is 27.9 Å². The number of ether oxygens (including phenoxy) is 1. The van der Waals surface area contributed by atoms with Gasteiger partial charge in [-0.05, 0) is 38.0 Å². The Labute approximate surface area is 162 Å². The van der Waals surface area contributed by atoms with Gasteiger partial charge in [-0.3, -0.25) is 9.78 Å². The molecule has 1 N–H and O–H groups in total. The smallest absolute Gasteiger partial charge is 0.220 e. The minimum Gasteiger partial charge on any atom is -0.378 e. The van der Waals surface area contributed by atoms with Crippen molar-refractivity contribution in [2.75, 3.05) is 13.2 Å². The molecule has 0 radical (unpaired) electrons. The van der Waals surface area contributed by atoms with E-state index in [-0.39, 0.29) is 24.0 Å². The highest BCUT2D eigenvalue weighted by molar-refractivity contribution is 6.03. The second kappa shape index (κ2) is 6.57. The molecule has 28 heavy (non-hydrogen) atoms. The maximum absolute atomic E-state index is 11.9. The number of aromatic nitrogens is 3. The van der Waals surface area contributed by atoms with E-state index < -0.39 is 0 Å². The van der Waals surface area contributed by atoms with Gasteiger partial charge in [-0.1, -0.05) is 0 Å². The predicted octanol–water partition coefficient (Wildman–Crippen LogP) is 2.80. The molecule has 2 fully saturated rings. The Morgan fingerprint density at radius 3 is 3.00 bits per heavy atom. The number of imidazole rings is 1. The first kappa shape index (κ1) is 17.1. The highest BCUT2D eigenvalue weighted by atomic mass is 16.5. The fraction of sp³-hybridized carbons (Fsp3) is 0.429. The average Bonchev–Trinajstić information content (AvgIpc) is 3.31. The molecule has 1 aromatic carbocycles. The van der Waals surface area contributed by atoms with Crippen molar-refractivity contribution in [2.24, 2.45) is 0 Å². The van der Waals surface area contributed by atoms with Gasteiger partial charge < -0.3 is 14.6 Å². The summed E-state index contributed by atoms with van der Waals surface area (Å²) in [5.41, 5.74) is 3.28. The lowest BCUT2D eigenvalue weighted by Gasteiger charge is -2.30. The summed E-state index contributed by atoms with van der Waals surface area (Å²) in [4.78, 5) is 21.3. The van der Waals surface area contributed by atoms with E-state index in [9.17, 15) is 10.1 Å². The largest absolute Gasteiger partial charge is 0.378 e. The summed E-state index contributed by atoms with van der Waals surface area (Å²) < 4.78 is 8.08. The molecule has 1 unspecified atom stereocenters. The Hall–Kier alpha value is -2.98. The molecule has 7 heteroatoms. The number of pyridine rings is 1. The number of hydrogen-bond donors (Lipinski definition) is 1. The SMILES string of the molecule is C[C@@H]1C[C@H](n2c(C3CNC(=O)C3)nc3cnc4ccc(C#N)cc4c32)CCO1. The number of carbonyl (C=O) groups excluding carboxylic acids is 1. The minimum absolute atomic E-state index is 0.0484. The summed E-state index contributed by atoms with van der Waals surface area (Å²) in [7, 11) is 0. The molecule has 0 bridgehead atoms. The number of benzene rings is 1. The van der Waals surface area contributed by atoms with Gasteiger partial charge in [-0.25, -0.2) is 4.98 Å². The van der Waals surface area contributed by atoms with Crippen molar-refractivity contribution in [1.29, 1.82) is 5.26 Å². The van der Waals surface area contributed by atoms with Crippen LogP contribution in [0.4, 0.5) is 0 Å². The van der Waals surface area contributed by atoms with E-state index in [1.807, 2.05) is 12.1 Å². The van der Waals surface area contributed by atoms with Gasteiger partial charge in [0.1, 0.15) is 11.3 Å². The van der Waals surface area contributed by atoms with Crippen molar-refractivity contribution >= 4 is 27.8 Å². The van der Waals surface area contributed by atoms with Crippen molar-refractivity contribution in [1.82, 2.24) is 19.9 Å². The van der Waals surface area contributed by atoms with Crippen LogP contribution in [0.1, 0.15) is 49.5 Å². The number of nitriles is 1. The fourth-order valence-electron chi connectivity index (χ4n) is 4.52. The maximum atomic E-state index is 11.9. The third-order valence-electron chi connectivity index (χ3n) is 5.84. The number of amides is 1. The summed E-state index contributed by atoms with van der Waals surface area (Å²) in [5, 5.41) is 13.2. The van der Waals surface area contributed by atoms with E-state index in [1.165, 1.54) is 0 Å². The Balaban J connectivity index is 1.79. The van der Waals surface area contributed by atoms with E-state index in [1.54, 1.807) is 12.3 Å². The lowest BCUT2D eigenvalue weighted by molar-refractivity contribution is -0.119. The Morgan fingerprint density at radius 1 is 1.36 bits per heavy atom. The van der Waals surface area contributed by atoms with Gasteiger partial charge in [0.25, 0.3) is 0 Å². The molecule has 4 heterocycles. The Bertz CT molecular complexity index is 1130. The lowest BCUT2D eigenvalue weighted by Crippen LogP contribution is -2.27. The van der Waals surface area contributed by atoms with Crippen LogP contribution in [0.3, 0.4) is 0 Å². The van der Waals surface area contributed by atoms with Gasteiger partial charge in [-0.2, -0.15) is 5.26 Å². The first-order valence-corrected chi connectivity index (χ1v) is 9.73. The molecule has 3 atom stereocenters. The van der Waals surface area contributed by atoms with E-state index in [0.717, 1.165) is 40.6 Å². The van der Waals surface area contributed by atoms with E-state index >= 15 is 0 Å². The monoisotopic (exact) mass is 375 g/mol. The third-order valence-corrected chi connectivity index (χ3v) is 5.84. The highest BCUT2D eigenvalue weighted by Gasteiger charge is 2.32. The summed E-state index contributed by atoms with van der Waals surface area (Å²) >= 11 is 0. The molecule has 2 aliphatic rings. The Morgan fingerprint density at radius 2 is 2.25 bits per heavy atom. The van der Waals surface area contributed by atoms with Crippen LogP contribution >= 0.6 is 0 Å². The highest BCUT2D eigenvalue weighted by Crippen LogP contribution is 2.37. The summed E-state index contributed by atoms with van der Waals surface area (Å²) in [6.45, 7) is 3.41. The van der Waals surface area contributed by atoms with Crippen LogP contribution in [0.15, 0.2) is 24.4 Å². The zero-order valence-corrected chi connectivity index (χ0v) is 15.7. The van der Waals surface area contributed by atoms with Crippen molar-refractivity contribution < 1.29 is 9.53 Å². The molecule has 3 aromatic rings. The van der Waals surface area contributed by atoms with Gasteiger partial charge >= 0.3 is 0 Å². The maximum Gasteiger partial charge on any atom is 0.220 e. The molecule has 1 amide bonds. The minimum atomic E-state index is 0.0484. The van der Waals surface area contributed by atoms with Crippen molar-refractivity contribution in [3.05, 3.63) is 35.8 Å². The fourth-order valence-corrected chi connectivity index (χ4v) is 4.52. The van der Waals surface area contributed by atoms with Crippen LogP contribution in [0, 0.1) is 11.3 Å². The third kappa shape index (κ3) is 2.72. The standard InChI is InChI=1S/C21H21N5O2/c1-12-6-15(4-5-28-12)26-20-16-7-13(9-22)2-3-17(16)23-11-18(20)25-21(26)14-8-19(27)24-10-14/h2-3,7,11-12,14-15H,4-6,8,10H2,1H3,(H,24,27)/t12-,14?,15-/m1/s1. The molecule has 0 saturated carbocycles. The zero-order valence-electron chi connectivity index (χ0n) is 15.7. The van der Waals surface area contributed by atoms with Gasteiger partial charge in [-0.15, -0.1) is 0 Å². The van der Waals surface area contributed by atoms with E-state index in [0.29, 0.717) is 25.1 Å². The molecule has 0 spiro atoms. The number of fused-ring (bicyclic) bond motifs is 3. The van der Waals surface area contributed by atoms with Crippen molar-refractivity contribution in [3.63, 3.8) is 0 Å². The van der Waals surface area contributed by atoms with Crippen molar-refractivity contribution in [2.45, 2.75) is 44.2 Å². The molecular formula is C21H21N5O2. The second-order valence-corrected chi connectivity index (χ2v) is 7.74. The summed E-state index contributed by atoms with van der Waals surface area (Å²) in [6.07, 6.45) is 4.23. The van der Waals surface area contributed by atoms with Crippen LogP contribution in [0.5, 0.6) is 0 Å².